The van der Waals surface area contributed by atoms with Crippen LogP contribution in [0.4, 0.5) is 16.2 Å². The van der Waals surface area contributed by atoms with Gasteiger partial charge in [0.05, 0.1) is 35.6 Å². The summed E-state index contributed by atoms with van der Waals surface area (Å²) < 4.78 is 5.15. The lowest BCUT2D eigenvalue weighted by Crippen LogP contribution is -2.35. The molecule has 1 aliphatic carbocycles. The molecule has 1 aromatic heterocycles. The lowest BCUT2D eigenvalue weighted by Gasteiger charge is -2.24. The maximum atomic E-state index is 12.6. The topological polar surface area (TPSA) is 97.5 Å². The number of fused-ring (bicyclic) bond motifs is 1. The number of anilines is 2. The number of thiazole rings is 1. The van der Waals surface area contributed by atoms with Crippen LogP contribution in [-0.4, -0.2) is 35.0 Å². The van der Waals surface area contributed by atoms with Crippen LogP contribution in [0, 0.1) is 0 Å². The Morgan fingerprint density at radius 1 is 1.18 bits per heavy atom. The molecule has 3 N–H and O–H groups in total. The van der Waals surface area contributed by atoms with E-state index in [1.54, 1.807) is 28.4 Å². The minimum atomic E-state index is -0.338. The molecule has 0 bridgehead atoms. The molecule has 168 valence electrons. The zero-order valence-electron chi connectivity index (χ0n) is 18.2. The number of rotatable bonds is 5. The van der Waals surface area contributed by atoms with Gasteiger partial charge in [-0.15, -0.1) is 11.3 Å². The molecule has 2 amide bonds. The summed E-state index contributed by atoms with van der Waals surface area (Å²) in [6, 6.07) is 14.8. The molecule has 7 nitrogen and oxygen atoms in total. The molecule has 5 rings (SSSR count). The van der Waals surface area contributed by atoms with Gasteiger partial charge in [-0.05, 0) is 36.8 Å². The lowest BCUT2D eigenvalue weighted by molar-refractivity contribution is 0.102. The van der Waals surface area contributed by atoms with Crippen molar-refractivity contribution in [3.63, 3.8) is 0 Å². The quantitative estimate of drug-likeness (QED) is 0.436. The van der Waals surface area contributed by atoms with Gasteiger partial charge >= 0.3 is 6.09 Å². The Labute approximate surface area is 195 Å². The van der Waals surface area contributed by atoms with Gasteiger partial charge in [0.25, 0.3) is 5.91 Å². The Kier molecular flexibility index (Phi) is 5.38. The van der Waals surface area contributed by atoms with Crippen molar-refractivity contribution in [2.24, 2.45) is 0 Å². The van der Waals surface area contributed by atoms with Crippen LogP contribution < -0.4 is 11.1 Å². The highest BCUT2D eigenvalue weighted by Gasteiger charge is 2.42. The molecule has 33 heavy (non-hydrogen) atoms. The van der Waals surface area contributed by atoms with Crippen molar-refractivity contribution in [3.8, 4) is 0 Å². The van der Waals surface area contributed by atoms with Crippen LogP contribution in [0.3, 0.4) is 0 Å². The standard InChI is InChI=1S/C25H24N4O3S/c1-2-32-24(31)29-14-11-20-21(15-29)33-23(28-20)25(12-13-25)17-9-7-16(8-10-17)22(30)27-19-6-4-3-5-18(19)26/h3-10,12-13H,2,11,14-15,26H2,1H3,(H,27,30). The zero-order valence-corrected chi connectivity index (χ0v) is 19.0. The number of carbonyl (C=O) groups is 2. The van der Waals surface area contributed by atoms with Crippen LogP contribution in [0.25, 0.3) is 0 Å². The van der Waals surface area contributed by atoms with Crippen LogP contribution in [0.15, 0.2) is 60.7 Å². The third-order valence-electron chi connectivity index (χ3n) is 5.94. The van der Waals surface area contributed by atoms with Crippen molar-refractivity contribution < 1.29 is 14.3 Å². The van der Waals surface area contributed by atoms with E-state index in [1.807, 2.05) is 43.3 Å². The number of nitrogens with one attached hydrogen (secondary N) is 1. The molecule has 1 aliphatic heterocycles. The van der Waals surface area contributed by atoms with E-state index < -0.39 is 0 Å². The second-order valence-electron chi connectivity index (χ2n) is 8.08. The Bertz CT molecular complexity index is 1240. The van der Waals surface area contributed by atoms with Crippen molar-refractivity contribution in [2.75, 3.05) is 24.2 Å². The molecule has 8 heteroatoms. The number of ether oxygens (including phenoxy) is 1. The van der Waals surface area contributed by atoms with E-state index in [0.29, 0.717) is 36.6 Å². The molecule has 0 atom stereocenters. The number of hydrogen-bond donors (Lipinski definition) is 2. The Hall–Kier alpha value is -3.65. The van der Waals surface area contributed by atoms with E-state index in [4.69, 9.17) is 15.5 Å². The number of hydrogen-bond acceptors (Lipinski definition) is 6. The Balaban J connectivity index is 1.32. The van der Waals surface area contributed by atoms with Gasteiger partial charge in [-0.1, -0.05) is 36.4 Å². The number of nitrogens with zero attached hydrogens (tertiary/aromatic N) is 2. The van der Waals surface area contributed by atoms with Crippen molar-refractivity contribution in [2.45, 2.75) is 25.3 Å². The predicted octanol–water partition coefficient (Wildman–Crippen LogP) is 4.35. The number of nitrogen functional groups attached to an aromatic ring is 1. The monoisotopic (exact) mass is 460 g/mol. The third kappa shape index (κ3) is 3.98. The van der Waals surface area contributed by atoms with Crippen molar-refractivity contribution in [1.29, 1.82) is 0 Å². The van der Waals surface area contributed by atoms with Gasteiger partial charge in [-0.3, -0.25) is 4.79 Å². The number of amides is 2. The summed E-state index contributed by atoms with van der Waals surface area (Å²) in [5.74, 6) is -0.207. The summed E-state index contributed by atoms with van der Waals surface area (Å²) in [4.78, 5) is 32.5. The maximum Gasteiger partial charge on any atom is 0.410 e. The number of aromatic nitrogens is 1. The molecule has 0 spiro atoms. The summed E-state index contributed by atoms with van der Waals surface area (Å²) in [5.41, 5.74) is 9.38. The SMILES string of the molecule is CCOC(=O)N1CCc2nc(C3(c4ccc(C(=O)Nc5ccccc5N)cc4)C=C3)sc2C1. The van der Waals surface area contributed by atoms with Gasteiger partial charge in [0.1, 0.15) is 5.01 Å². The van der Waals surface area contributed by atoms with Crippen LogP contribution in [0.2, 0.25) is 0 Å². The zero-order chi connectivity index (χ0) is 23.0. The molecule has 0 fully saturated rings. The minimum absolute atomic E-state index is 0.207. The lowest BCUT2D eigenvalue weighted by atomic mass is 9.93. The number of nitrogens with two attached hydrogens (primary N) is 1. The predicted molar refractivity (Wildman–Crippen MR) is 128 cm³/mol. The van der Waals surface area contributed by atoms with E-state index in [2.05, 4.69) is 17.5 Å². The summed E-state index contributed by atoms with van der Waals surface area (Å²) in [5, 5.41) is 3.85. The maximum absolute atomic E-state index is 12.6. The highest BCUT2D eigenvalue weighted by Crippen LogP contribution is 2.47. The van der Waals surface area contributed by atoms with Gasteiger partial charge in [-0.25, -0.2) is 9.78 Å². The fraction of sp³-hybridized carbons (Fsp3) is 0.240. The number of benzene rings is 2. The van der Waals surface area contributed by atoms with Gasteiger partial charge in [0, 0.05) is 23.4 Å². The van der Waals surface area contributed by atoms with E-state index in [0.717, 1.165) is 27.6 Å². The van der Waals surface area contributed by atoms with Crippen LogP contribution >= 0.6 is 11.3 Å². The van der Waals surface area contributed by atoms with Crippen LogP contribution in [0.1, 0.15) is 38.4 Å². The fourth-order valence-electron chi connectivity index (χ4n) is 3.99. The molecule has 3 aromatic rings. The number of carbonyl (C=O) groups excluding carboxylic acids is 2. The smallest absolute Gasteiger partial charge is 0.410 e. The van der Waals surface area contributed by atoms with Crippen LogP contribution in [0.5, 0.6) is 0 Å². The molecule has 2 heterocycles. The molecule has 0 saturated heterocycles. The highest BCUT2D eigenvalue weighted by atomic mass is 32.1. The van der Waals surface area contributed by atoms with Crippen molar-refractivity contribution in [1.82, 2.24) is 9.88 Å². The van der Waals surface area contributed by atoms with Gasteiger partial charge in [0.2, 0.25) is 0 Å². The fourth-order valence-corrected chi connectivity index (χ4v) is 5.29. The highest BCUT2D eigenvalue weighted by molar-refractivity contribution is 7.12. The van der Waals surface area contributed by atoms with Crippen molar-refractivity contribution >= 4 is 34.7 Å². The molecule has 2 aromatic carbocycles. The second-order valence-corrected chi connectivity index (χ2v) is 9.16. The molecule has 0 radical (unpaired) electrons. The summed E-state index contributed by atoms with van der Waals surface area (Å²) in [7, 11) is 0. The van der Waals surface area contributed by atoms with E-state index in [1.165, 1.54) is 0 Å². The summed E-state index contributed by atoms with van der Waals surface area (Å²) in [6.07, 6.45) is 4.70. The first-order valence-corrected chi connectivity index (χ1v) is 11.7. The van der Waals surface area contributed by atoms with E-state index in [9.17, 15) is 9.59 Å². The van der Waals surface area contributed by atoms with Crippen molar-refractivity contribution in [3.05, 3.63) is 87.4 Å². The molecule has 0 unspecified atom stereocenters. The molecular formula is C25H24N4O3S. The normalized spacial score (nSPS) is 15.6. The first-order valence-electron chi connectivity index (χ1n) is 10.9. The first kappa shape index (κ1) is 21.2. The molecule has 0 saturated carbocycles. The third-order valence-corrected chi connectivity index (χ3v) is 7.18. The minimum Gasteiger partial charge on any atom is -0.450 e. The van der Waals surface area contributed by atoms with E-state index >= 15 is 0 Å². The van der Waals surface area contributed by atoms with Gasteiger partial charge < -0.3 is 20.7 Å². The van der Waals surface area contributed by atoms with Gasteiger partial charge in [-0.2, -0.15) is 0 Å². The summed E-state index contributed by atoms with van der Waals surface area (Å²) >= 11 is 1.64. The molecular weight excluding hydrogens is 436 g/mol. The number of para-hydroxylation sites is 2. The average Bonchev–Trinajstić information content (AvgIpc) is 3.53. The average molecular weight is 461 g/mol. The summed E-state index contributed by atoms with van der Waals surface area (Å²) in [6.45, 7) is 3.33. The first-order chi connectivity index (χ1) is 16.0. The Morgan fingerprint density at radius 2 is 1.94 bits per heavy atom. The van der Waals surface area contributed by atoms with E-state index in [-0.39, 0.29) is 17.4 Å². The number of allylic oxidation sites excluding steroid dienone is 2. The van der Waals surface area contributed by atoms with Crippen LogP contribution in [-0.2, 0) is 23.1 Å². The largest absolute Gasteiger partial charge is 0.450 e. The Morgan fingerprint density at radius 3 is 2.64 bits per heavy atom. The second kappa shape index (κ2) is 8.37. The molecule has 2 aliphatic rings. The van der Waals surface area contributed by atoms with Gasteiger partial charge in [0.15, 0.2) is 0 Å².